The standard InChI is InChI=1S/C33H21FN4O3/c34-26-15-7-5-13-24(26)29-25-14-6-8-16-28(25)37(19-27-21-10-2-1-9-20(21)17-18-35-27)33(41)30(36-29)38-31(39)22-11-3-4-12-23(22)32(38)40/h1-18,30H,19H2/t30-/m0/s1. The van der Waals surface area contributed by atoms with E-state index in [1.54, 1.807) is 72.9 Å². The summed E-state index contributed by atoms with van der Waals surface area (Å²) in [7, 11) is 0. The van der Waals surface area contributed by atoms with Gasteiger partial charge in [0.15, 0.2) is 0 Å². The molecule has 1 aromatic heterocycles. The number of carbonyl (C=O) groups is 3. The third-order valence-electron chi connectivity index (χ3n) is 7.45. The van der Waals surface area contributed by atoms with E-state index in [1.807, 2.05) is 30.3 Å². The lowest BCUT2D eigenvalue weighted by molar-refractivity contribution is -0.122. The molecule has 0 saturated carbocycles. The molecule has 0 spiro atoms. The van der Waals surface area contributed by atoms with E-state index in [-0.39, 0.29) is 28.9 Å². The van der Waals surface area contributed by atoms with Gasteiger partial charge in [-0.15, -0.1) is 0 Å². The molecule has 5 aromatic rings. The lowest BCUT2D eigenvalue weighted by Gasteiger charge is -2.28. The van der Waals surface area contributed by atoms with E-state index in [9.17, 15) is 14.4 Å². The Bertz CT molecular complexity index is 1900. The van der Waals surface area contributed by atoms with Crippen LogP contribution in [0.15, 0.2) is 114 Å². The first-order valence-corrected chi connectivity index (χ1v) is 13.1. The molecule has 3 heterocycles. The van der Waals surface area contributed by atoms with Gasteiger partial charge in [0.2, 0.25) is 6.17 Å². The normalized spacial score (nSPS) is 16.5. The number of pyridine rings is 1. The highest BCUT2D eigenvalue weighted by atomic mass is 19.1. The second kappa shape index (κ2) is 9.60. The van der Waals surface area contributed by atoms with Gasteiger partial charge in [-0.3, -0.25) is 19.4 Å². The van der Waals surface area contributed by atoms with Crippen molar-refractivity contribution in [1.29, 1.82) is 0 Å². The molecule has 41 heavy (non-hydrogen) atoms. The van der Waals surface area contributed by atoms with E-state index in [0.717, 1.165) is 15.7 Å². The molecule has 0 N–H and O–H groups in total. The van der Waals surface area contributed by atoms with Crippen LogP contribution in [0, 0.1) is 5.82 Å². The number of fused-ring (bicyclic) bond motifs is 3. The Morgan fingerprint density at radius 3 is 2.02 bits per heavy atom. The first-order valence-electron chi connectivity index (χ1n) is 13.1. The number of halogens is 1. The van der Waals surface area contributed by atoms with Gasteiger partial charge in [0.1, 0.15) is 5.82 Å². The van der Waals surface area contributed by atoms with Gasteiger partial charge in [-0.2, -0.15) is 0 Å². The average Bonchev–Trinajstić information content (AvgIpc) is 3.19. The van der Waals surface area contributed by atoms with Gasteiger partial charge < -0.3 is 4.90 Å². The summed E-state index contributed by atoms with van der Waals surface area (Å²) in [5.41, 5.74) is 2.29. The molecule has 198 valence electrons. The molecular weight excluding hydrogens is 519 g/mol. The smallest absolute Gasteiger partial charge is 0.273 e. The number of rotatable bonds is 4. The molecule has 2 aliphatic heterocycles. The third-order valence-corrected chi connectivity index (χ3v) is 7.45. The summed E-state index contributed by atoms with van der Waals surface area (Å²) in [6.07, 6.45) is 0.105. The molecule has 7 nitrogen and oxygen atoms in total. The molecule has 3 amide bonds. The fourth-order valence-electron chi connectivity index (χ4n) is 5.50. The van der Waals surface area contributed by atoms with Crippen LogP contribution in [0.3, 0.4) is 0 Å². The molecule has 0 fully saturated rings. The van der Waals surface area contributed by atoms with Crippen LogP contribution in [0.4, 0.5) is 10.1 Å². The molecule has 0 saturated heterocycles. The van der Waals surface area contributed by atoms with Crippen LogP contribution in [0.25, 0.3) is 10.8 Å². The molecule has 7 rings (SSSR count). The lowest BCUT2D eigenvalue weighted by Crippen LogP contribution is -2.49. The first kappa shape index (κ1) is 24.5. The van der Waals surface area contributed by atoms with E-state index in [0.29, 0.717) is 16.9 Å². The zero-order valence-electron chi connectivity index (χ0n) is 21.6. The second-order valence-electron chi connectivity index (χ2n) is 9.78. The highest BCUT2D eigenvalue weighted by molar-refractivity contribution is 6.25. The summed E-state index contributed by atoms with van der Waals surface area (Å²) in [6.45, 7) is 0.0386. The number of amides is 3. The van der Waals surface area contributed by atoms with Crippen molar-refractivity contribution in [1.82, 2.24) is 9.88 Å². The molecule has 1 atom stereocenters. The molecule has 2 aliphatic rings. The van der Waals surface area contributed by atoms with Gasteiger partial charge >= 0.3 is 0 Å². The van der Waals surface area contributed by atoms with E-state index in [1.165, 1.54) is 11.0 Å². The Morgan fingerprint density at radius 2 is 1.29 bits per heavy atom. The van der Waals surface area contributed by atoms with Crippen molar-refractivity contribution in [3.8, 4) is 0 Å². The largest absolute Gasteiger partial charge is 0.302 e. The van der Waals surface area contributed by atoms with E-state index >= 15 is 4.39 Å². The van der Waals surface area contributed by atoms with Gasteiger partial charge in [0.05, 0.1) is 34.8 Å². The predicted octanol–water partition coefficient (Wildman–Crippen LogP) is 5.38. The van der Waals surface area contributed by atoms with Crippen LogP contribution in [0.5, 0.6) is 0 Å². The molecule has 0 unspecified atom stereocenters. The quantitative estimate of drug-likeness (QED) is 0.287. The zero-order valence-corrected chi connectivity index (χ0v) is 21.6. The topological polar surface area (TPSA) is 82.9 Å². The second-order valence-corrected chi connectivity index (χ2v) is 9.78. The van der Waals surface area contributed by atoms with E-state index < -0.39 is 29.7 Å². The monoisotopic (exact) mass is 540 g/mol. The van der Waals surface area contributed by atoms with Crippen molar-refractivity contribution in [2.45, 2.75) is 12.7 Å². The molecule has 0 aliphatic carbocycles. The number of benzene rings is 4. The number of anilines is 1. The van der Waals surface area contributed by atoms with Crippen LogP contribution < -0.4 is 4.90 Å². The number of aliphatic imine (C=N–C) groups is 1. The van der Waals surface area contributed by atoms with E-state index in [4.69, 9.17) is 4.99 Å². The van der Waals surface area contributed by atoms with Crippen molar-refractivity contribution in [2.24, 2.45) is 4.99 Å². The summed E-state index contributed by atoms with van der Waals surface area (Å²) in [5.74, 6) is -2.41. The summed E-state index contributed by atoms with van der Waals surface area (Å²) in [5, 5.41) is 1.81. The van der Waals surface area contributed by atoms with Gasteiger partial charge in [-0.05, 0) is 41.8 Å². The van der Waals surface area contributed by atoms with Crippen LogP contribution in [0.2, 0.25) is 0 Å². The molecule has 0 bridgehead atoms. The highest BCUT2D eigenvalue weighted by Crippen LogP contribution is 2.34. The number of nitrogens with zero attached hydrogens (tertiary/aromatic N) is 4. The zero-order chi connectivity index (χ0) is 28.1. The van der Waals surface area contributed by atoms with Gasteiger partial charge in [0.25, 0.3) is 17.7 Å². The minimum absolute atomic E-state index is 0.0386. The summed E-state index contributed by atoms with van der Waals surface area (Å²) >= 11 is 0. The number of benzodiazepines with no additional fused rings is 1. The Kier molecular flexibility index (Phi) is 5.75. The van der Waals surface area contributed by atoms with Crippen molar-refractivity contribution >= 4 is 39.9 Å². The Hall–Kier alpha value is -5.50. The van der Waals surface area contributed by atoms with Crippen LogP contribution >= 0.6 is 0 Å². The first-order chi connectivity index (χ1) is 20.0. The Morgan fingerprint density at radius 1 is 0.683 bits per heavy atom. The van der Waals surface area contributed by atoms with E-state index in [2.05, 4.69) is 4.98 Å². The van der Waals surface area contributed by atoms with Gasteiger partial charge in [-0.1, -0.05) is 66.7 Å². The van der Waals surface area contributed by atoms with Crippen LogP contribution in [-0.2, 0) is 11.3 Å². The van der Waals surface area contributed by atoms with Gasteiger partial charge in [-0.25, -0.2) is 14.3 Å². The molecular formula is C33H21FN4O3. The SMILES string of the molecule is O=C1[C@H](N2C(=O)c3ccccc3C2=O)N=C(c2ccccc2F)c2ccccc2N1Cc1nccc2ccccc12. The van der Waals surface area contributed by atoms with Crippen molar-refractivity contribution in [3.05, 3.63) is 143 Å². The minimum atomic E-state index is -1.57. The number of imide groups is 1. The summed E-state index contributed by atoms with van der Waals surface area (Å²) in [4.78, 5) is 53.3. The highest BCUT2D eigenvalue weighted by Gasteiger charge is 2.46. The number of hydrogen-bond donors (Lipinski definition) is 0. The van der Waals surface area contributed by atoms with Crippen LogP contribution in [-0.4, -0.2) is 39.5 Å². The summed E-state index contributed by atoms with van der Waals surface area (Å²) in [6, 6.07) is 29.2. The van der Waals surface area contributed by atoms with Crippen molar-refractivity contribution in [2.75, 3.05) is 4.90 Å². The number of carbonyl (C=O) groups excluding carboxylic acids is 3. The Labute approximate surface area is 234 Å². The van der Waals surface area contributed by atoms with Crippen LogP contribution in [0.1, 0.15) is 37.5 Å². The van der Waals surface area contributed by atoms with Gasteiger partial charge in [0, 0.05) is 22.7 Å². The number of hydrogen-bond acceptors (Lipinski definition) is 5. The number of para-hydroxylation sites is 1. The molecule has 8 heteroatoms. The predicted molar refractivity (Wildman–Crippen MR) is 152 cm³/mol. The maximum Gasteiger partial charge on any atom is 0.273 e. The maximum absolute atomic E-state index is 15.3. The molecule has 4 aromatic carbocycles. The fraction of sp³-hybridized carbons (Fsp3) is 0.0606. The maximum atomic E-state index is 15.3. The Balaban J connectivity index is 1.44. The minimum Gasteiger partial charge on any atom is -0.302 e. The van der Waals surface area contributed by atoms with Crippen molar-refractivity contribution < 1.29 is 18.8 Å². The average molecular weight is 541 g/mol. The fourth-order valence-corrected chi connectivity index (χ4v) is 5.50. The number of aromatic nitrogens is 1. The summed E-state index contributed by atoms with van der Waals surface area (Å²) < 4.78 is 15.3. The lowest BCUT2D eigenvalue weighted by atomic mass is 9.99. The van der Waals surface area contributed by atoms with Crippen molar-refractivity contribution in [3.63, 3.8) is 0 Å². The molecule has 0 radical (unpaired) electrons. The third kappa shape index (κ3) is 3.91.